The number of hydrogen-bond donors (Lipinski definition) is 6. The van der Waals surface area contributed by atoms with Crippen molar-refractivity contribution in [2.75, 3.05) is 10.0 Å². The molecule has 29 heavy (non-hydrogen) atoms. The number of benzene rings is 1. The highest BCUT2D eigenvalue weighted by molar-refractivity contribution is 7.92. The molecule has 0 aliphatic carbocycles. The predicted molar refractivity (Wildman–Crippen MR) is 114 cm³/mol. The molecule has 0 fully saturated rings. The lowest BCUT2D eigenvalue weighted by atomic mass is 10.3. The molecule has 1 aliphatic rings. The first-order valence-corrected chi connectivity index (χ1v) is 10.6. The third-order valence-electron chi connectivity index (χ3n) is 3.44. The molecule has 0 bridgehead atoms. The van der Waals surface area contributed by atoms with E-state index in [-0.39, 0.29) is 21.0 Å². The van der Waals surface area contributed by atoms with Crippen molar-refractivity contribution < 1.29 is 8.42 Å². The van der Waals surface area contributed by atoms with E-state index in [2.05, 4.69) is 53.9 Å². The number of halogens is 1. The lowest BCUT2D eigenvalue weighted by molar-refractivity contribution is 0.194. The maximum absolute atomic E-state index is 12.4. The fraction of sp³-hybridized carbons (Fsp3) is 0.154. The lowest BCUT2D eigenvalue weighted by Gasteiger charge is -2.20. The Balaban J connectivity index is 1.56. The number of thiol groups is 1. The van der Waals surface area contributed by atoms with Crippen LogP contribution in [-0.4, -0.2) is 40.5 Å². The largest absolute Gasteiger partial charge is 0.332 e. The molecule has 1 aromatic heterocycles. The molecule has 0 amide bonds. The number of anilines is 2. The highest BCUT2D eigenvalue weighted by atomic mass is 35.5. The van der Waals surface area contributed by atoms with Gasteiger partial charge in [-0.3, -0.25) is 16.0 Å². The van der Waals surface area contributed by atoms with Crippen molar-refractivity contribution in [2.24, 2.45) is 16.1 Å². The van der Waals surface area contributed by atoms with Gasteiger partial charge in [-0.15, -0.1) is 22.8 Å². The fourth-order valence-corrected chi connectivity index (χ4v) is 3.51. The molecule has 0 saturated heterocycles. The van der Waals surface area contributed by atoms with Crippen molar-refractivity contribution in [1.29, 1.82) is 0 Å². The van der Waals surface area contributed by atoms with Crippen LogP contribution in [0.3, 0.4) is 0 Å². The Bertz CT molecular complexity index is 1000. The third kappa shape index (κ3) is 5.69. The van der Waals surface area contributed by atoms with Gasteiger partial charge in [0.25, 0.3) is 10.0 Å². The Kier molecular flexibility index (Phi) is 6.78. The molecule has 0 saturated carbocycles. The number of nitrogens with zero attached hydrogens (tertiary/aromatic N) is 5. The van der Waals surface area contributed by atoms with Crippen LogP contribution in [0.5, 0.6) is 0 Å². The molecule has 3 rings (SSSR count). The van der Waals surface area contributed by atoms with Crippen LogP contribution in [0.2, 0.25) is 5.15 Å². The molecule has 2 heterocycles. The van der Waals surface area contributed by atoms with E-state index in [0.29, 0.717) is 5.69 Å². The Morgan fingerprint density at radius 1 is 1.17 bits per heavy atom. The Labute approximate surface area is 181 Å². The van der Waals surface area contributed by atoms with Gasteiger partial charge in [0.1, 0.15) is 0 Å². The third-order valence-corrected chi connectivity index (χ3v) is 5.58. The first-order chi connectivity index (χ1) is 13.7. The van der Waals surface area contributed by atoms with Crippen molar-refractivity contribution in [3.63, 3.8) is 0 Å². The maximum atomic E-state index is 12.4. The highest BCUT2D eigenvalue weighted by Crippen LogP contribution is 2.18. The second-order valence-corrected chi connectivity index (χ2v) is 8.43. The number of thiocarbonyl (C=S) groups is 1. The van der Waals surface area contributed by atoms with Gasteiger partial charge in [-0.05, 0) is 48.6 Å². The van der Waals surface area contributed by atoms with Gasteiger partial charge < -0.3 is 5.32 Å². The van der Waals surface area contributed by atoms with Gasteiger partial charge in [0.05, 0.1) is 4.90 Å². The van der Waals surface area contributed by atoms with Gasteiger partial charge in [0, 0.05) is 5.69 Å². The molecule has 154 valence electrons. The molecule has 12 nitrogen and oxygen atoms in total. The summed E-state index contributed by atoms with van der Waals surface area (Å²) in [5.41, 5.74) is 5.48. The van der Waals surface area contributed by atoms with E-state index in [0.717, 1.165) is 0 Å². The first kappa shape index (κ1) is 21.6. The molecular weight excluding hydrogens is 460 g/mol. The molecular formula is C13H15ClN10O2S3. The maximum Gasteiger partial charge on any atom is 0.263 e. The number of sulfonamides is 1. The van der Waals surface area contributed by atoms with Gasteiger partial charge in [-0.1, -0.05) is 11.6 Å². The molecule has 0 radical (unpaired) electrons. The van der Waals surface area contributed by atoms with Crippen LogP contribution in [0, 0.1) is 0 Å². The zero-order valence-corrected chi connectivity index (χ0v) is 17.7. The number of nitrogens with one attached hydrogen (secondary N) is 4. The van der Waals surface area contributed by atoms with Crippen LogP contribution in [0.15, 0.2) is 51.5 Å². The van der Waals surface area contributed by atoms with E-state index in [1.54, 1.807) is 12.1 Å². The summed E-state index contributed by atoms with van der Waals surface area (Å²) in [7, 11) is -3.84. The minimum Gasteiger partial charge on any atom is -0.332 e. The van der Waals surface area contributed by atoms with E-state index in [1.807, 2.05) is 0 Å². The topological polar surface area (TPSA) is 162 Å². The van der Waals surface area contributed by atoms with Crippen molar-refractivity contribution in [3.8, 4) is 0 Å². The summed E-state index contributed by atoms with van der Waals surface area (Å²) in [6.07, 6.45) is -0.633. The van der Waals surface area contributed by atoms with Crippen molar-refractivity contribution in [3.05, 3.63) is 41.6 Å². The predicted octanol–water partition coefficient (Wildman–Crippen LogP) is 0.860. The van der Waals surface area contributed by atoms with E-state index < -0.39 is 21.8 Å². The van der Waals surface area contributed by atoms with Crippen LogP contribution in [0.4, 0.5) is 11.5 Å². The smallest absolute Gasteiger partial charge is 0.263 e. The summed E-state index contributed by atoms with van der Waals surface area (Å²) in [6, 6.07) is 8.73. The normalized spacial score (nSPS) is 19.1. The second-order valence-electron chi connectivity index (χ2n) is 5.49. The standard InChI is InChI=1S/C13H15ClN10O2S3/c14-9-5-6-10(18-17-9)23-29(25,26)8-3-1-7(2-4-8)16-12(27)21-19-11-20-22-13(28)24(11)15/h1-6,11,13,19,28H,15H2,(H,18,23)(H2,16,21,27). The first-order valence-electron chi connectivity index (χ1n) is 7.80. The second kappa shape index (κ2) is 9.12. The molecule has 0 spiro atoms. The number of rotatable bonds is 6. The van der Waals surface area contributed by atoms with Crippen LogP contribution in [-0.2, 0) is 10.0 Å². The molecule has 1 aliphatic heterocycles. The number of azo groups is 1. The van der Waals surface area contributed by atoms with Crippen LogP contribution < -0.4 is 26.7 Å². The van der Waals surface area contributed by atoms with Crippen LogP contribution in [0.1, 0.15) is 0 Å². The summed E-state index contributed by atoms with van der Waals surface area (Å²) >= 11 is 14.9. The quantitative estimate of drug-likeness (QED) is 0.153. The van der Waals surface area contributed by atoms with Gasteiger partial charge in [-0.2, -0.15) is 20.7 Å². The summed E-state index contributed by atoms with van der Waals surface area (Å²) in [5.74, 6) is 5.76. The van der Waals surface area contributed by atoms with Crippen molar-refractivity contribution in [2.45, 2.75) is 16.7 Å². The zero-order valence-electron chi connectivity index (χ0n) is 14.4. The van der Waals surface area contributed by atoms with Crippen molar-refractivity contribution in [1.82, 2.24) is 26.1 Å². The number of hydrogen-bond acceptors (Lipinski definition) is 11. The molecule has 1 aromatic carbocycles. The van der Waals surface area contributed by atoms with Crippen LogP contribution in [0.25, 0.3) is 0 Å². The molecule has 2 unspecified atom stereocenters. The Morgan fingerprint density at radius 3 is 2.48 bits per heavy atom. The summed E-state index contributed by atoms with van der Waals surface area (Å²) in [6.45, 7) is 0. The highest BCUT2D eigenvalue weighted by Gasteiger charge is 2.26. The average molecular weight is 475 g/mol. The number of hydrazine groups is 2. The molecule has 2 atom stereocenters. The number of aromatic nitrogens is 2. The van der Waals surface area contributed by atoms with Gasteiger partial charge in [-0.25, -0.2) is 8.42 Å². The van der Waals surface area contributed by atoms with Gasteiger partial charge in [0.15, 0.2) is 21.6 Å². The summed E-state index contributed by atoms with van der Waals surface area (Å²) < 4.78 is 27.1. The minimum absolute atomic E-state index is 0.0294. The Hall–Kier alpha value is -2.14. The molecule has 2 aromatic rings. The van der Waals surface area contributed by atoms with Gasteiger partial charge in [0.2, 0.25) is 6.29 Å². The molecule has 6 N–H and O–H groups in total. The number of nitrogens with two attached hydrogens (primary N) is 1. The summed E-state index contributed by atoms with van der Waals surface area (Å²) in [4.78, 5) is 0.0294. The minimum atomic E-state index is -3.84. The average Bonchev–Trinajstić information content (AvgIpc) is 3.00. The zero-order chi connectivity index (χ0) is 21.0. The fourth-order valence-electron chi connectivity index (χ4n) is 2.05. The van der Waals surface area contributed by atoms with E-state index in [4.69, 9.17) is 29.7 Å². The Morgan fingerprint density at radius 2 is 1.90 bits per heavy atom. The SMILES string of the molecule is NN1C(S)N=NC1NNC(=S)Nc1ccc(S(=O)(=O)Nc2ccc(Cl)nn2)cc1. The van der Waals surface area contributed by atoms with Gasteiger partial charge >= 0.3 is 0 Å². The van der Waals surface area contributed by atoms with E-state index >= 15 is 0 Å². The monoisotopic (exact) mass is 474 g/mol. The van der Waals surface area contributed by atoms with Crippen LogP contribution >= 0.6 is 36.4 Å². The molecule has 16 heteroatoms. The van der Waals surface area contributed by atoms with E-state index in [9.17, 15) is 8.42 Å². The summed E-state index contributed by atoms with van der Waals surface area (Å²) in [5, 5.41) is 19.4. The van der Waals surface area contributed by atoms with Crippen molar-refractivity contribution >= 4 is 63.1 Å². The van der Waals surface area contributed by atoms with E-state index in [1.165, 1.54) is 29.3 Å². The lowest BCUT2D eigenvalue weighted by Crippen LogP contribution is -2.54.